The number of anilines is 2. The van der Waals surface area contributed by atoms with Gasteiger partial charge in [0, 0.05) is 17.7 Å². The molecule has 1 aliphatic heterocycles. The summed E-state index contributed by atoms with van der Waals surface area (Å²) in [4.78, 5) is 17.8. The molecule has 2 aliphatic rings. The van der Waals surface area contributed by atoms with Crippen LogP contribution in [0.15, 0.2) is 53.7 Å². The first kappa shape index (κ1) is 19.9. The molecule has 1 aromatic heterocycles. The Morgan fingerprint density at radius 2 is 1.91 bits per heavy atom. The molecule has 1 aliphatic carbocycles. The summed E-state index contributed by atoms with van der Waals surface area (Å²) in [5.41, 5.74) is 9.00. The monoisotopic (exact) mass is 433 g/mol. The summed E-state index contributed by atoms with van der Waals surface area (Å²) in [7, 11) is 3.18. The van der Waals surface area contributed by atoms with Crippen molar-refractivity contribution in [3.05, 3.63) is 64.9 Å². The third kappa shape index (κ3) is 3.22. The van der Waals surface area contributed by atoms with Gasteiger partial charge >= 0.3 is 0 Å². The molecule has 0 saturated heterocycles. The van der Waals surface area contributed by atoms with Crippen LogP contribution >= 0.6 is 0 Å². The van der Waals surface area contributed by atoms with Gasteiger partial charge in [-0.2, -0.15) is 4.98 Å². The minimum Gasteiger partial charge on any atom is -0.508 e. The van der Waals surface area contributed by atoms with Gasteiger partial charge in [0.05, 0.1) is 14.2 Å². The Kier molecular flexibility index (Phi) is 4.73. The number of phenols is 1. The van der Waals surface area contributed by atoms with Crippen LogP contribution in [0.4, 0.5) is 11.9 Å². The first-order valence-corrected chi connectivity index (χ1v) is 10.2. The van der Waals surface area contributed by atoms with Gasteiger partial charge in [-0.1, -0.05) is 18.2 Å². The normalized spacial score (nSPS) is 19.8. The molecule has 0 saturated carbocycles. The minimum atomic E-state index is -0.517. The van der Waals surface area contributed by atoms with Crippen molar-refractivity contribution in [1.82, 2.24) is 14.8 Å². The van der Waals surface area contributed by atoms with E-state index in [0.717, 1.165) is 16.8 Å². The number of ketones is 1. The quantitative estimate of drug-likeness (QED) is 0.574. The highest BCUT2D eigenvalue weighted by Crippen LogP contribution is 2.45. The Morgan fingerprint density at radius 3 is 2.66 bits per heavy atom. The van der Waals surface area contributed by atoms with Crippen molar-refractivity contribution in [2.24, 2.45) is 0 Å². The zero-order valence-electron chi connectivity index (χ0n) is 17.7. The lowest BCUT2D eigenvalue weighted by atomic mass is 9.78. The van der Waals surface area contributed by atoms with E-state index in [1.54, 1.807) is 37.1 Å². The number of allylic oxidation sites excluding steroid dienone is 2. The van der Waals surface area contributed by atoms with E-state index in [1.807, 2.05) is 24.3 Å². The molecule has 2 atom stereocenters. The number of carbonyl (C=O) groups is 1. The van der Waals surface area contributed by atoms with Gasteiger partial charge in [-0.25, -0.2) is 4.68 Å². The van der Waals surface area contributed by atoms with Crippen LogP contribution in [0.1, 0.15) is 35.9 Å². The van der Waals surface area contributed by atoms with Crippen molar-refractivity contribution < 1.29 is 19.4 Å². The van der Waals surface area contributed by atoms with E-state index in [0.29, 0.717) is 35.9 Å². The summed E-state index contributed by atoms with van der Waals surface area (Å²) in [6.07, 6.45) is 0.948. The zero-order valence-corrected chi connectivity index (χ0v) is 17.7. The molecule has 0 bridgehead atoms. The summed E-state index contributed by atoms with van der Waals surface area (Å²) in [6, 6.07) is 12.0. The molecule has 2 heterocycles. The number of carbonyl (C=O) groups excluding carboxylic acids is 1. The number of hydrogen-bond acceptors (Lipinski definition) is 8. The van der Waals surface area contributed by atoms with Crippen molar-refractivity contribution in [3.63, 3.8) is 0 Å². The number of aromatic nitrogens is 3. The molecule has 2 aromatic carbocycles. The molecular formula is C23H23N5O4. The molecule has 0 radical (unpaired) electrons. The van der Waals surface area contributed by atoms with Crippen molar-refractivity contribution >= 4 is 17.7 Å². The molecule has 9 heteroatoms. The fourth-order valence-electron chi connectivity index (χ4n) is 4.57. The molecule has 3 aromatic rings. The number of fused-ring (bicyclic) bond motifs is 1. The summed E-state index contributed by atoms with van der Waals surface area (Å²) >= 11 is 0. The third-order valence-electron chi connectivity index (χ3n) is 6.00. The highest BCUT2D eigenvalue weighted by Gasteiger charge is 2.39. The fourth-order valence-corrected chi connectivity index (χ4v) is 4.57. The van der Waals surface area contributed by atoms with Crippen molar-refractivity contribution in [3.8, 4) is 17.2 Å². The Labute approximate surface area is 184 Å². The molecule has 164 valence electrons. The number of rotatable bonds is 4. The maximum absolute atomic E-state index is 13.5. The number of benzene rings is 2. The predicted octanol–water partition coefficient (Wildman–Crippen LogP) is 3.00. The van der Waals surface area contributed by atoms with E-state index in [-0.39, 0.29) is 23.4 Å². The topological polar surface area (TPSA) is 125 Å². The van der Waals surface area contributed by atoms with E-state index >= 15 is 0 Å². The number of nitrogens with one attached hydrogen (secondary N) is 1. The van der Waals surface area contributed by atoms with Crippen LogP contribution in [-0.2, 0) is 4.79 Å². The van der Waals surface area contributed by atoms with Gasteiger partial charge in [0.25, 0.3) is 0 Å². The Balaban J connectivity index is 1.58. The lowest BCUT2D eigenvalue weighted by molar-refractivity contribution is -0.116. The molecule has 0 fully saturated rings. The summed E-state index contributed by atoms with van der Waals surface area (Å²) in [5.74, 6) is 1.93. The van der Waals surface area contributed by atoms with Crippen molar-refractivity contribution in [2.45, 2.75) is 24.8 Å². The van der Waals surface area contributed by atoms with E-state index in [2.05, 4.69) is 15.4 Å². The second kappa shape index (κ2) is 7.60. The number of Topliss-reactive ketones (excluding diaryl/α,β-unsaturated/α-hetero) is 1. The number of hydrogen-bond donors (Lipinski definition) is 3. The first-order chi connectivity index (χ1) is 15.5. The van der Waals surface area contributed by atoms with Crippen LogP contribution in [0.25, 0.3) is 0 Å². The molecule has 0 unspecified atom stereocenters. The molecular weight excluding hydrogens is 410 g/mol. The molecule has 0 amide bonds. The van der Waals surface area contributed by atoms with Crippen LogP contribution in [0.5, 0.6) is 17.2 Å². The highest BCUT2D eigenvalue weighted by molar-refractivity contribution is 6.00. The summed E-state index contributed by atoms with van der Waals surface area (Å²) in [5, 5.41) is 17.6. The number of nitrogens with zero attached hydrogens (tertiary/aromatic N) is 3. The van der Waals surface area contributed by atoms with Crippen molar-refractivity contribution in [2.75, 3.05) is 25.3 Å². The highest BCUT2D eigenvalue weighted by atomic mass is 16.5. The van der Waals surface area contributed by atoms with Gasteiger partial charge in [-0.3, -0.25) is 4.79 Å². The second-order valence-corrected chi connectivity index (χ2v) is 7.90. The van der Waals surface area contributed by atoms with Crippen LogP contribution in [-0.4, -0.2) is 39.9 Å². The number of ether oxygens (including phenoxy) is 2. The molecule has 4 N–H and O–H groups in total. The minimum absolute atomic E-state index is 0.00611. The second-order valence-electron chi connectivity index (χ2n) is 7.90. The van der Waals surface area contributed by atoms with Gasteiger partial charge in [0.15, 0.2) is 17.3 Å². The van der Waals surface area contributed by atoms with Gasteiger partial charge in [0.2, 0.25) is 11.9 Å². The average Bonchev–Trinajstić information content (AvgIpc) is 3.16. The Bertz CT molecular complexity index is 1250. The average molecular weight is 433 g/mol. The maximum Gasteiger partial charge on any atom is 0.241 e. The van der Waals surface area contributed by atoms with Crippen molar-refractivity contribution in [1.29, 1.82) is 0 Å². The first-order valence-electron chi connectivity index (χ1n) is 10.2. The van der Waals surface area contributed by atoms with E-state index in [4.69, 9.17) is 15.2 Å². The van der Waals surface area contributed by atoms with Crippen LogP contribution in [0, 0.1) is 0 Å². The lowest BCUT2D eigenvalue weighted by Crippen LogP contribution is -2.33. The molecule has 5 rings (SSSR count). The predicted molar refractivity (Wildman–Crippen MR) is 118 cm³/mol. The van der Waals surface area contributed by atoms with Gasteiger partial charge in [-0.05, 0) is 47.7 Å². The molecule has 0 spiro atoms. The largest absolute Gasteiger partial charge is 0.508 e. The smallest absolute Gasteiger partial charge is 0.241 e. The number of aromatic hydroxyl groups is 1. The van der Waals surface area contributed by atoms with E-state index in [9.17, 15) is 9.90 Å². The number of methoxy groups -OCH3 is 2. The van der Waals surface area contributed by atoms with Crippen LogP contribution in [0.2, 0.25) is 0 Å². The zero-order chi connectivity index (χ0) is 22.4. The molecule has 9 nitrogen and oxygen atoms in total. The Morgan fingerprint density at radius 1 is 1.09 bits per heavy atom. The van der Waals surface area contributed by atoms with Gasteiger partial charge < -0.3 is 25.6 Å². The number of nitrogens with two attached hydrogens (primary N) is 1. The third-order valence-corrected chi connectivity index (χ3v) is 6.00. The van der Waals surface area contributed by atoms with E-state index in [1.165, 1.54) is 0 Å². The standard InChI is InChI=1S/C23H23N5O4/c1-31-18-7-6-12(11-19(18)32-2)14-9-16-20(17(30)10-14)21(13-4-3-5-15(29)8-13)28-23(25-16)26-22(24)27-28/h3-8,11,14,21,29H,9-10H2,1-2H3,(H3,24,25,26,27)/t14-,21-/m0/s1. The lowest BCUT2D eigenvalue weighted by Gasteiger charge is -2.35. The number of phenolic OH excluding ortho intramolecular Hbond substituents is 1. The van der Waals surface area contributed by atoms with E-state index < -0.39 is 6.04 Å². The number of nitrogen functional groups attached to an aromatic ring is 1. The van der Waals surface area contributed by atoms with Gasteiger partial charge in [-0.15, -0.1) is 5.10 Å². The fraction of sp³-hybridized carbons (Fsp3) is 0.261. The Hall–Kier alpha value is -4.01. The summed E-state index contributed by atoms with van der Waals surface area (Å²) in [6.45, 7) is 0. The van der Waals surface area contributed by atoms with Crippen LogP contribution < -0.4 is 20.5 Å². The molecule has 32 heavy (non-hydrogen) atoms. The van der Waals surface area contributed by atoms with Crippen LogP contribution in [0.3, 0.4) is 0 Å². The maximum atomic E-state index is 13.5. The summed E-state index contributed by atoms with van der Waals surface area (Å²) < 4.78 is 12.4. The SMILES string of the molecule is COc1ccc([C@@H]2CC(=O)C3=C(C2)Nc2nc(N)nn2[C@H]3c2cccc(O)c2)cc1OC. The van der Waals surface area contributed by atoms with Gasteiger partial charge in [0.1, 0.15) is 11.8 Å².